The molecule has 84 valence electrons. The third-order valence-corrected chi connectivity index (χ3v) is 3.19. The lowest BCUT2D eigenvalue weighted by atomic mass is 9.92. The maximum atomic E-state index is 9.60. The highest BCUT2D eigenvalue weighted by atomic mass is 16.3. The highest BCUT2D eigenvalue weighted by Crippen LogP contribution is 2.23. The number of hydrogen-bond acceptors (Lipinski definition) is 2. The van der Waals surface area contributed by atoms with Gasteiger partial charge in [0.15, 0.2) is 0 Å². The van der Waals surface area contributed by atoms with Gasteiger partial charge in [0.05, 0.1) is 5.60 Å². The van der Waals surface area contributed by atoms with E-state index in [1.54, 1.807) is 0 Å². The minimum Gasteiger partial charge on any atom is -0.388 e. The largest absolute Gasteiger partial charge is 0.388 e. The van der Waals surface area contributed by atoms with Gasteiger partial charge in [-0.3, -0.25) is 4.90 Å². The monoisotopic (exact) mass is 199 g/mol. The van der Waals surface area contributed by atoms with E-state index in [4.69, 9.17) is 0 Å². The molecule has 0 radical (unpaired) electrons. The minimum atomic E-state index is -0.400. The van der Waals surface area contributed by atoms with Crippen molar-refractivity contribution < 1.29 is 5.11 Å². The summed E-state index contributed by atoms with van der Waals surface area (Å²) in [7, 11) is 0. The first-order valence-corrected chi connectivity index (χ1v) is 6.02. The molecule has 1 fully saturated rings. The summed E-state index contributed by atoms with van der Waals surface area (Å²) >= 11 is 0. The van der Waals surface area contributed by atoms with Crippen molar-refractivity contribution in [1.29, 1.82) is 0 Å². The highest BCUT2D eigenvalue weighted by molar-refractivity contribution is 4.91. The Bertz CT molecular complexity index is 160. The lowest BCUT2D eigenvalue weighted by Crippen LogP contribution is -2.60. The van der Waals surface area contributed by atoms with Crippen molar-refractivity contribution in [2.24, 2.45) is 5.92 Å². The SMILES string of the molecule is CCCCC(CC)CN1CC(C)(O)C1. The summed E-state index contributed by atoms with van der Waals surface area (Å²) in [6.45, 7) is 9.38. The summed E-state index contributed by atoms with van der Waals surface area (Å²) in [5.74, 6) is 0.839. The quantitative estimate of drug-likeness (QED) is 0.709. The van der Waals surface area contributed by atoms with Gasteiger partial charge in [-0.1, -0.05) is 33.1 Å². The van der Waals surface area contributed by atoms with Gasteiger partial charge in [-0.05, 0) is 19.3 Å². The van der Waals surface area contributed by atoms with Crippen molar-refractivity contribution in [2.45, 2.75) is 52.1 Å². The molecule has 2 heteroatoms. The molecule has 1 heterocycles. The molecule has 0 aromatic rings. The molecule has 0 aliphatic carbocycles. The molecule has 1 saturated heterocycles. The van der Waals surface area contributed by atoms with E-state index in [9.17, 15) is 5.11 Å². The molecule has 0 aromatic carbocycles. The maximum absolute atomic E-state index is 9.60. The molecule has 0 saturated carbocycles. The van der Waals surface area contributed by atoms with E-state index < -0.39 is 5.60 Å². The van der Waals surface area contributed by atoms with Crippen LogP contribution in [0.5, 0.6) is 0 Å². The predicted molar refractivity (Wildman–Crippen MR) is 60.4 cm³/mol. The zero-order valence-electron chi connectivity index (χ0n) is 9.92. The number of β-amino-alcohol motifs (C(OH)–C–C–N with tert-alkyl or cyclic N) is 1. The Morgan fingerprint density at radius 1 is 1.36 bits per heavy atom. The number of hydrogen-bond donors (Lipinski definition) is 1. The maximum Gasteiger partial charge on any atom is 0.0872 e. The lowest BCUT2D eigenvalue weighted by molar-refractivity contribution is -0.0889. The molecule has 0 amide bonds. The van der Waals surface area contributed by atoms with E-state index in [1.165, 1.54) is 32.2 Å². The second-order valence-corrected chi connectivity index (χ2v) is 5.08. The normalized spacial score (nSPS) is 23.1. The van der Waals surface area contributed by atoms with E-state index in [2.05, 4.69) is 18.7 Å². The Morgan fingerprint density at radius 3 is 2.43 bits per heavy atom. The lowest BCUT2D eigenvalue weighted by Gasteiger charge is -2.45. The average Bonchev–Trinajstić information content (AvgIpc) is 2.08. The van der Waals surface area contributed by atoms with Crippen molar-refractivity contribution in [2.75, 3.05) is 19.6 Å². The summed E-state index contributed by atoms with van der Waals surface area (Å²) in [6, 6.07) is 0. The van der Waals surface area contributed by atoms with Crippen molar-refractivity contribution in [3.8, 4) is 0 Å². The standard InChI is InChI=1S/C12H25NO/c1-4-6-7-11(5-2)8-13-9-12(3,14)10-13/h11,14H,4-10H2,1-3H3. The van der Waals surface area contributed by atoms with Crippen LogP contribution < -0.4 is 0 Å². The molecular weight excluding hydrogens is 174 g/mol. The molecule has 1 aliphatic rings. The number of likely N-dealkylation sites (tertiary alicyclic amines) is 1. The van der Waals surface area contributed by atoms with Crippen LogP contribution in [0.15, 0.2) is 0 Å². The summed E-state index contributed by atoms with van der Waals surface area (Å²) in [4.78, 5) is 2.38. The van der Waals surface area contributed by atoms with Crippen molar-refractivity contribution >= 4 is 0 Å². The first-order chi connectivity index (χ1) is 6.57. The van der Waals surface area contributed by atoms with Gasteiger partial charge in [0.1, 0.15) is 0 Å². The van der Waals surface area contributed by atoms with Gasteiger partial charge in [0.25, 0.3) is 0 Å². The molecule has 1 rings (SSSR count). The first-order valence-electron chi connectivity index (χ1n) is 6.02. The van der Waals surface area contributed by atoms with Gasteiger partial charge < -0.3 is 5.11 Å². The van der Waals surface area contributed by atoms with E-state index in [0.717, 1.165) is 19.0 Å². The van der Waals surface area contributed by atoms with E-state index in [0.29, 0.717) is 0 Å². The van der Waals surface area contributed by atoms with Crippen LogP contribution in [0.25, 0.3) is 0 Å². The topological polar surface area (TPSA) is 23.5 Å². The van der Waals surface area contributed by atoms with Gasteiger partial charge in [0.2, 0.25) is 0 Å². The van der Waals surface area contributed by atoms with Crippen molar-refractivity contribution in [3.05, 3.63) is 0 Å². The molecule has 2 nitrogen and oxygen atoms in total. The molecule has 1 aliphatic heterocycles. The van der Waals surface area contributed by atoms with Crippen molar-refractivity contribution in [3.63, 3.8) is 0 Å². The van der Waals surface area contributed by atoms with Gasteiger partial charge in [-0.25, -0.2) is 0 Å². The van der Waals surface area contributed by atoms with Crippen molar-refractivity contribution in [1.82, 2.24) is 4.90 Å². The molecule has 0 aromatic heterocycles. The molecular formula is C12H25NO. The number of aliphatic hydroxyl groups is 1. The van der Waals surface area contributed by atoms with Crippen LogP contribution in [0.1, 0.15) is 46.5 Å². The second kappa shape index (κ2) is 5.13. The third kappa shape index (κ3) is 3.58. The van der Waals surface area contributed by atoms with E-state index in [1.807, 2.05) is 6.92 Å². The summed E-state index contributed by atoms with van der Waals surface area (Å²) in [6.07, 6.45) is 5.28. The number of nitrogens with zero attached hydrogens (tertiary/aromatic N) is 1. The molecule has 14 heavy (non-hydrogen) atoms. The predicted octanol–water partition coefficient (Wildman–Crippen LogP) is 2.27. The van der Waals surface area contributed by atoms with Gasteiger partial charge in [-0.2, -0.15) is 0 Å². The Morgan fingerprint density at radius 2 is 2.00 bits per heavy atom. The van der Waals surface area contributed by atoms with E-state index in [-0.39, 0.29) is 0 Å². The summed E-state index contributed by atoms with van der Waals surface area (Å²) in [5, 5.41) is 9.60. The molecule has 1 atom stereocenters. The molecule has 0 bridgehead atoms. The summed E-state index contributed by atoms with van der Waals surface area (Å²) in [5.41, 5.74) is -0.400. The molecule has 0 spiro atoms. The Hall–Kier alpha value is -0.0800. The minimum absolute atomic E-state index is 0.400. The number of unbranched alkanes of at least 4 members (excludes halogenated alkanes) is 1. The smallest absolute Gasteiger partial charge is 0.0872 e. The second-order valence-electron chi connectivity index (χ2n) is 5.08. The Labute approximate surface area is 88.3 Å². The van der Waals surface area contributed by atoms with Gasteiger partial charge in [-0.15, -0.1) is 0 Å². The van der Waals surface area contributed by atoms with Crippen LogP contribution in [0.2, 0.25) is 0 Å². The van der Waals surface area contributed by atoms with E-state index >= 15 is 0 Å². The zero-order chi connectivity index (χ0) is 10.6. The van der Waals surface area contributed by atoms with Crippen LogP contribution >= 0.6 is 0 Å². The van der Waals surface area contributed by atoms with Crippen LogP contribution in [0.3, 0.4) is 0 Å². The summed E-state index contributed by atoms with van der Waals surface area (Å²) < 4.78 is 0. The fourth-order valence-corrected chi connectivity index (χ4v) is 2.33. The average molecular weight is 199 g/mol. The van der Waals surface area contributed by atoms with Crippen LogP contribution in [-0.4, -0.2) is 35.2 Å². The van der Waals surface area contributed by atoms with Crippen LogP contribution in [-0.2, 0) is 0 Å². The van der Waals surface area contributed by atoms with Crippen LogP contribution in [0.4, 0.5) is 0 Å². The third-order valence-electron chi connectivity index (χ3n) is 3.19. The Kier molecular flexibility index (Phi) is 4.39. The highest BCUT2D eigenvalue weighted by Gasteiger charge is 2.36. The number of rotatable bonds is 6. The molecule has 1 unspecified atom stereocenters. The fraction of sp³-hybridized carbons (Fsp3) is 1.00. The zero-order valence-corrected chi connectivity index (χ0v) is 9.92. The van der Waals surface area contributed by atoms with Gasteiger partial charge in [0, 0.05) is 19.6 Å². The molecule has 1 N–H and O–H groups in total. The van der Waals surface area contributed by atoms with Gasteiger partial charge >= 0.3 is 0 Å². The first kappa shape index (κ1) is 12.0. The Balaban J connectivity index is 2.15. The fourth-order valence-electron chi connectivity index (χ4n) is 2.33. The van der Waals surface area contributed by atoms with Crippen LogP contribution in [0, 0.1) is 5.92 Å².